The Morgan fingerprint density at radius 2 is 2.21 bits per heavy atom. The van der Waals surface area contributed by atoms with Crippen LogP contribution in [-0.4, -0.2) is 9.78 Å². The normalized spacial score (nSPS) is 9.71. The largest absolute Gasteiger partial charge is 0.238 e. The first-order valence-electron chi connectivity index (χ1n) is 4.01. The first-order chi connectivity index (χ1) is 6.83. The van der Waals surface area contributed by atoms with Gasteiger partial charge in [0.15, 0.2) is 5.82 Å². The molecule has 0 aliphatic heterocycles. The van der Waals surface area contributed by atoms with E-state index in [0.29, 0.717) is 0 Å². The van der Waals surface area contributed by atoms with Gasteiger partial charge < -0.3 is 0 Å². The summed E-state index contributed by atoms with van der Waals surface area (Å²) < 4.78 is 14.9. The van der Waals surface area contributed by atoms with E-state index in [4.69, 9.17) is 5.26 Å². The molecular weight excluding hydrogens is 181 g/mol. The molecule has 0 aliphatic carbocycles. The molecule has 0 saturated heterocycles. The number of hydrogen-bond acceptors (Lipinski definition) is 2. The van der Waals surface area contributed by atoms with Gasteiger partial charge in [-0.2, -0.15) is 10.4 Å². The molecule has 0 aliphatic rings. The Kier molecular flexibility index (Phi) is 1.99. The molecule has 2 aromatic rings. The molecule has 1 heterocycles. The fraction of sp³-hybridized carbons (Fsp3) is 0. The minimum atomic E-state index is -0.543. The smallest absolute Gasteiger partial charge is 0.166 e. The molecule has 1 aromatic carbocycles. The van der Waals surface area contributed by atoms with E-state index in [9.17, 15) is 4.39 Å². The monoisotopic (exact) mass is 187 g/mol. The van der Waals surface area contributed by atoms with Crippen LogP contribution in [0.15, 0.2) is 36.7 Å². The Bertz CT molecular complexity index is 483. The van der Waals surface area contributed by atoms with Crippen molar-refractivity contribution in [2.45, 2.75) is 0 Å². The fourth-order valence-corrected chi connectivity index (χ4v) is 1.19. The maximum Gasteiger partial charge on any atom is 0.166 e. The molecule has 0 bridgehead atoms. The second kappa shape index (κ2) is 3.30. The molecule has 0 spiro atoms. The van der Waals surface area contributed by atoms with Gasteiger partial charge in [0.2, 0.25) is 0 Å². The van der Waals surface area contributed by atoms with Crippen LogP contribution in [0.5, 0.6) is 0 Å². The van der Waals surface area contributed by atoms with Gasteiger partial charge in [-0.15, -0.1) is 0 Å². The van der Waals surface area contributed by atoms with Crippen molar-refractivity contribution in [3.8, 4) is 11.8 Å². The van der Waals surface area contributed by atoms with Gasteiger partial charge in [0.25, 0.3) is 0 Å². The van der Waals surface area contributed by atoms with Crippen molar-refractivity contribution in [2.24, 2.45) is 0 Å². The number of nitriles is 1. The molecule has 14 heavy (non-hydrogen) atoms. The quantitative estimate of drug-likeness (QED) is 0.684. The topological polar surface area (TPSA) is 41.6 Å². The van der Waals surface area contributed by atoms with Crippen LogP contribution in [0, 0.1) is 17.1 Å². The third-order valence-electron chi connectivity index (χ3n) is 1.85. The summed E-state index contributed by atoms with van der Waals surface area (Å²) in [6.07, 6.45) is 3.18. The van der Waals surface area contributed by atoms with E-state index in [0.717, 1.165) is 0 Å². The lowest BCUT2D eigenvalue weighted by molar-refractivity contribution is 0.607. The average molecular weight is 187 g/mol. The summed E-state index contributed by atoms with van der Waals surface area (Å²) in [5.74, 6) is -0.543. The van der Waals surface area contributed by atoms with Gasteiger partial charge in [-0.3, -0.25) is 0 Å². The number of aromatic nitrogens is 2. The number of benzene rings is 1. The van der Waals surface area contributed by atoms with Crippen molar-refractivity contribution < 1.29 is 4.39 Å². The van der Waals surface area contributed by atoms with Crippen LogP contribution >= 0.6 is 0 Å². The summed E-state index contributed by atoms with van der Waals surface area (Å²) in [5.41, 5.74) is 0.312. The molecule has 0 unspecified atom stereocenters. The Labute approximate surface area is 80.0 Å². The third kappa shape index (κ3) is 1.25. The second-order valence-electron chi connectivity index (χ2n) is 2.70. The van der Waals surface area contributed by atoms with E-state index in [1.54, 1.807) is 36.7 Å². The lowest BCUT2D eigenvalue weighted by Crippen LogP contribution is -1.99. The van der Waals surface area contributed by atoms with Crippen molar-refractivity contribution in [1.29, 1.82) is 5.26 Å². The van der Waals surface area contributed by atoms with Crippen molar-refractivity contribution >= 4 is 0 Å². The summed E-state index contributed by atoms with van der Waals surface area (Å²) in [4.78, 5) is 0. The molecule has 0 fully saturated rings. The molecule has 3 nitrogen and oxygen atoms in total. The van der Waals surface area contributed by atoms with Gasteiger partial charge in [-0.1, -0.05) is 6.07 Å². The second-order valence-corrected chi connectivity index (χ2v) is 2.70. The number of nitrogens with zero attached hydrogens (tertiary/aromatic N) is 3. The van der Waals surface area contributed by atoms with Crippen molar-refractivity contribution in [3.05, 3.63) is 48.0 Å². The summed E-state index contributed by atoms with van der Waals surface area (Å²) in [5, 5.41) is 12.5. The van der Waals surface area contributed by atoms with Crippen LogP contribution in [0.2, 0.25) is 0 Å². The molecule has 0 saturated carbocycles. The predicted octanol–water partition coefficient (Wildman–Crippen LogP) is 1.88. The molecule has 0 amide bonds. The zero-order valence-corrected chi connectivity index (χ0v) is 7.18. The molecule has 2 rings (SSSR count). The summed E-state index contributed by atoms with van der Waals surface area (Å²) >= 11 is 0. The zero-order chi connectivity index (χ0) is 9.97. The van der Waals surface area contributed by atoms with Crippen molar-refractivity contribution in [2.75, 3.05) is 0 Å². The Morgan fingerprint density at radius 1 is 1.36 bits per heavy atom. The molecule has 0 atom stereocenters. The molecule has 68 valence electrons. The highest BCUT2D eigenvalue weighted by molar-refractivity contribution is 5.42. The van der Waals surface area contributed by atoms with Gasteiger partial charge in [0.1, 0.15) is 11.8 Å². The van der Waals surface area contributed by atoms with E-state index < -0.39 is 5.82 Å². The maximum atomic E-state index is 13.6. The molecule has 1 aromatic heterocycles. The van der Waals surface area contributed by atoms with E-state index >= 15 is 0 Å². The predicted molar refractivity (Wildman–Crippen MR) is 48.2 cm³/mol. The highest BCUT2D eigenvalue weighted by Crippen LogP contribution is 2.15. The lowest BCUT2D eigenvalue weighted by atomic mass is 10.2. The maximum absolute atomic E-state index is 13.6. The van der Waals surface area contributed by atoms with Gasteiger partial charge in [0, 0.05) is 12.4 Å². The molecule has 0 N–H and O–H groups in total. The number of halogens is 1. The van der Waals surface area contributed by atoms with Gasteiger partial charge in [-0.05, 0) is 18.2 Å². The van der Waals surface area contributed by atoms with Crippen LogP contribution in [-0.2, 0) is 0 Å². The first kappa shape index (κ1) is 8.45. The summed E-state index contributed by atoms with van der Waals surface area (Å²) in [7, 11) is 0. The highest BCUT2D eigenvalue weighted by atomic mass is 19.1. The molecule has 4 heteroatoms. The van der Waals surface area contributed by atoms with E-state index in [2.05, 4.69) is 5.10 Å². The van der Waals surface area contributed by atoms with Crippen LogP contribution in [0.1, 0.15) is 5.56 Å². The zero-order valence-electron chi connectivity index (χ0n) is 7.18. The minimum absolute atomic E-state index is 0.0259. The lowest BCUT2D eigenvalue weighted by Gasteiger charge is -2.03. The Morgan fingerprint density at radius 3 is 2.86 bits per heavy atom. The van der Waals surface area contributed by atoms with E-state index in [1.807, 2.05) is 0 Å². The molecular formula is C10H6FN3. The van der Waals surface area contributed by atoms with Crippen LogP contribution in [0.3, 0.4) is 0 Å². The average Bonchev–Trinajstić information content (AvgIpc) is 2.71. The van der Waals surface area contributed by atoms with Crippen LogP contribution in [0.25, 0.3) is 5.69 Å². The summed E-state index contributed by atoms with van der Waals surface area (Å²) in [6, 6.07) is 8.10. The summed E-state index contributed by atoms with van der Waals surface area (Å²) in [6.45, 7) is 0. The fourth-order valence-electron chi connectivity index (χ4n) is 1.19. The highest BCUT2D eigenvalue weighted by Gasteiger charge is 2.08. The van der Waals surface area contributed by atoms with E-state index in [-0.39, 0.29) is 11.3 Å². The van der Waals surface area contributed by atoms with Crippen LogP contribution < -0.4 is 0 Å². The van der Waals surface area contributed by atoms with Gasteiger partial charge >= 0.3 is 0 Å². The minimum Gasteiger partial charge on any atom is -0.238 e. The Hall–Kier alpha value is -2.15. The van der Waals surface area contributed by atoms with Gasteiger partial charge in [-0.25, -0.2) is 9.07 Å². The Balaban J connectivity index is 2.61. The first-order valence-corrected chi connectivity index (χ1v) is 4.01. The number of rotatable bonds is 1. The third-order valence-corrected chi connectivity index (χ3v) is 1.85. The van der Waals surface area contributed by atoms with Crippen LogP contribution in [0.4, 0.5) is 4.39 Å². The van der Waals surface area contributed by atoms with Gasteiger partial charge in [0.05, 0.1) is 5.56 Å². The van der Waals surface area contributed by atoms with E-state index in [1.165, 1.54) is 10.7 Å². The van der Waals surface area contributed by atoms with Crippen molar-refractivity contribution in [1.82, 2.24) is 9.78 Å². The SMILES string of the molecule is N#Cc1cccc(-n2cccn2)c1F. The number of hydrogen-bond donors (Lipinski definition) is 0. The standard InChI is InChI=1S/C10H6FN3/c11-10-8(7-12)3-1-4-9(10)14-6-2-5-13-14/h1-6H. The van der Waals surface area contributed by atoms with Crippen molar-refractivity contribution in [3.63, 3.8) is 0 Å². The molecule has 0 radical (unpaired) electrons.